The predicted molar refractivity (Wildman–Crippen MR) is 68.5 cm³/mol. The van der Waals surface area contributed by atoms with Crippen molar-refractivity contribution in [1.82, 2.24) is 0 Å². The van der Waals surface area contributed by atoms with E-state index in [1.807, 2.05) is 0 Å². The normalized spacial score (nSPS) is 13.6. The molecule has 0 radical (unpaired) electrons. The van der Waals surface area contributed by atoms with Gasteiger partial charge in [-0.05, 0) is 6.92 Å². The Labute approximate surface area is 110 Å². The Morgan fingerprint density at radius 3 is 2.16 bits per heavy atom. The number of hydrogen-bond donors (Lipinski definition) is 0. The van der Waals surface area contributed by atoms with Gasteiger partial charge in [-0.1, -0.05) is 0 Å². The Morgan fingerprint density at radius 2 is 1.68 bits per heavy atom. The van der Waals surface area contributed by atoms with Gasteiger partial charge in [0.25, 0.3) is 11.7 Å². The predicted octanol–water partition coefficient (Wildman–Crippen LogP) is 1.26. The van der Waals surface area contributed by atoms with E-state index in [0.29, 0.717) is 23.7 Å². The number of hydrogen-bond acceptors (Lipinski definition) is 5. The van der Waals surface area contributed by atoms with Gasteiger partial charge in [0.2, 0.25) is 5.75 Å². The minimum atomic E-state index is -0.588. The molecule has 2 rings (SSSR count). The van der Waals surface area contributed by atoms with E-state index < -0.39 is 11.7 Å². The van der Waals surface area contributed by atoms with Gasteiger partial charge in [0.15, 0.2) is 11.5 Å². The van der Waals surface area contributed by atoms with Crippen molar-refractivity contribution in [1.29, 1.82) is 0 Å². The molecule has 1 aliphatic rings. The number of rotatable bonds is 4. The smallest absolute Gasteiger partial charge is 0.299 e. The molecule has 1 aromatic rings. The first-order valence-electron chi connectivity index (χ1n) is 5.79. The number of fused-ring (bicyclic) bond motifs is 1. The first-order valence-corrected chi connectivity index (χ1v) is 5.79. The molecule has 0 unspecified atom stereocenters. The topological polar surface area (TPSA) is 65.1 Å². The molecule has 1 heterocycles. The fourth-order valence-electron chi connectivity index (χ4n) is 2.23. The van der Waals surface area contributed by atoms with E-state index in [-0.39, 0.29) is 11.3 Å². The van der Waals surface area contributed by atoms with Crippen molar-refractivity contribution in [3.05, 3.63) is 11.6 Å². The highest BCUT2D eigenvalue weighted by atomic mass is 16.5. The lowest BCUT2D eigenvalue weighted by atomic mass is 10.1. The summed E-state index contributed by atoms with van der Waals surface area (Å²) < 4.78 is 15.6. The maximum Gasteiger partial charge on any atom is 0.299 e. The summed E-state index contributed by atoms with van der Waals surface area (Å²) in [5.74, 6) is -0.200. The first kappa shape index (κ1) is 13.2. The SMILES string of the molecule is CCN1C(=O)C(=O)c2c1cc(OC)c(OC)c2OC. The van der Waals surface area contributed by atoms with Gasteiger partial charge in [-0.2, -0.15) is 0 Å². The van der Waals surface area contributed by atoms with Crippen LogP contribution in [0.2, 0.25) is 0 Å². The van der Waals surface area contributed by atoms with Crippen LogP contribution in [0.15, 0.2) is 6.07 Å². The van der Waals surface area contributed by atoms with Gasteiger partial charge >= 0.3 is 0 Å². The summed E-state index contributed by atoms with van der Waals surface area (Å²) in [7, 11) is 4.36. The third-order valence-electron chi connectivity index (χ3n) is 3.08. The molecule has 0 fully saturated rings. The number of Topliss-reactive ketones (excluding diaryl/α,β-unsaturated/α-hetero) is 1. The van der Waals surface area contributed by atoms with Gasteiger partial charge in [-0.3, -0.25) is 9.59 Å². The zero-order valence-electron chi connectivity index (χ0n) is 11.3. The molecule has 0 spiro atoms. The molecule has 0 saturated carbocycles. The number of methoxy groups -OCH3 is 3. The summed E-state index contributed by atoms with van der Waals surface area (Å²) in [5, 5.41) is 0. The van der Waals surface area contributed by atoms with Crippen LogP contribution in [0.25, 0.3) is 0 Å². The van der Waals surface area contributed by atoms with Crippen LogP contribution in [-0.4, -0.2) is 39.6 Å². The molecule has 0 aliphatic carbocycles. The minimum absolute atomic E-state index is 0.228. The van der Waals surface area contributed by atoms with Crippen molar-refractivity contribution in [3.63, 3.8) is 0 Å². The molecule has 0 aromatic heterocycles. The van der Waals surface area contributed by atoms with Crippen LogP contribution in [-0.2, 0) is 4.79 Å². The number of amides is 1. The van der Waals surface area contributed by atoms with Crippen LogP contribution in [0.1, 0.15) is 17.3 Å². The molecular formula is C13H15NO5. The lowest BCUT2D eigenvalue weighted by molar-refractivity contribution is -0.114. The summed E-state index contributed by atoms with van der Waals surface area (Å²) in [5.41, 5.74) is 0.721. The van der Waals surface area contributed by atoms with E-state index >= 15 is 0 Å². The van der Waals surface area contributed by atoms with E-state index in [1.54, 1.807) is 13.0 Å². The van der Waals surface area contributed by atoms with Crippen molar-refractivity contribution in [3.8, 4) is 17.2 Å². The Hall–Kier alpha value is -2.24. The van der Waals surface area contributed by atoms with Crippen LogP contribution < -0.4 is 19.1 Å². The summed E-state index contributed by atoms with van der Waals surface area (Å²) in [6.07, 6.45) is 0. The highest BCUT2D eigenvalue weighted by molar-refractivity contribution is 6.53. The van der Waals surface area contributed by atoms with Gasteiger partial charge in [-0.15, -0.1) is 0 Å². The zero-order chi connectivity index (χ0) is 14.2. The van der Waals surface area contributed by atoms with E-state index in [1.165, 1.54) is 26.2 Å². The van der Waals surface area contributed by atoms with Crippen LogP contribution in [0.4, 0.5) is 5.69 Å². The second-order valence-corrected chi connectivity index (χ2v) is 3.92. The Morgan fingerprint density at radius 1 is 1.05 bits per heavy atom. The van der Waals surface area contributed by atoms with Crippen LogP contribution in [0.5, 0.6) is 17.2 Å². The number of benzene rings is 1. The fraction of sp³-hybridized carbons (Fsp3) is 0.385. The molecule has 1 aromatic carbocycles. The third-order valence-corrected chi connectivity index (χ3v) is 3.08. The standard InChI is InChI=1S/C13H15NO5/c1-5-14-7-6-8(17-2)11(18-3)12(19-4)9(7)10(15)13(14)16/h6H,5H2,1-4H3. The van der Waals surface area contributed by atoms with Gasteiger partial charge < -0.3 is 19.1 Å². The van der Waals surface area contributed by atoms with Gasteiger partial charge in [0.05, 0.1) is 32.6 Å². The van der Waals surface area contributed by atoms with Gasteiger partial charge in [0, 0.05) is 12.6 Å². The monoisotopic (exact) mass is 265 g/mol. The highest BCUT2D eigenvalue weighted by Gasteiger charge is 2.40. The summed E-state index contributed by atoms with van der Waals surface area (Å²) >= 11 is 0. The lowest BCUT2D eigenvalue weighted by Crippen LogP contribution is -2.29. The molecule has 0 saturated heterocycles. The Kier molecular flexibility index (Phi) is 3.33. The van der Waals surface area contributed by atoms with Crippen molar-refractivity contribution in [2.45, 2.75) is 6.92 Å². The highest BCUT2D eigenvalue weighted by Crippen LogP contribution is 2.47. The van der Waals surface area contributed by atoms with Crippen molar-refractivity contribution in [2.24, 2.45) is 0 Å². The second kappa shape index (κ2) is 4.79. The number of anilines is 1. The molecular weight excluding hydrogens is 250 g/mol. The molecule has 1 aliphatic heterocycles. The minimum Gasteiger partial charge on any atom is -0.493 e. The maximum absolute atomic E-state index is 12.0. The van der Waals surface area contributed by atoms with Crippen molar-refractivity contribution >= 4 is 17.4 Å². The van der Waals surface area contributed by atoms with Crippen LogP contribution in [0.3, 0.4) is 0 Å². The van der Waals surface area contributed by atoms with Gasteiger partial charge in [-0.25, -0.2) is 0 Å². The van der Waals surface area contributed by atoms with Crippen molar-refractivity contribution < 1.29 is 23.8 Å². The largest absolute Gasteiger partial charge is 0.493 e. The molecule has 19 heavy (non-hydrogen) atoms. The van der Waals surface area contributed by atoms with Crippen molar-refractivity contribution in [2.75, 3.05) is 32.8 Å². The fourth-order valence-corrected chi connectivity index (χ4v) is 2.23. The van der Waals surface area contributed by atoms with E-state index in [2.05, 4.69) is 0 Å². The average Bonchev–Trinajstić information content (AvgIpc) is 2.68. The molecule has 1 amide bonds. The van der Waals surface area contributed by atoms with Crippen LogP contribution >= 0.6 is 0 Å². The van der Waals surface area contributed by atoms with E-state index in [4.69, 9.17) is 14.2 Å². The van der Waals surface area contributed by atoms with E-state index in [0.717, 1.165) is 0 Å². The molecule has 0 N–H and O–H groups in total. The third kappa shape index (κ3) is 1.71. The number of ketones is 1. The molecule has 102 valence electrons. The molecule has 0 bridgehead atoms. The zero-order valence-corrected chi connectivity index (χ0v) is 11.3. The van der Waals surface area contributed by atoms with Crippen LogP contribution in [0, 0.1) is 0 Å². The molecule has 6 heteroatoms. The number of likely N-dealkylation sites (N-methyl/N-ethyl adjacent to an activating group) is 1. The number of carbonyl (C=O) groups excluding carboxylic acids is 2. The Bertz CT molecular complexity index is 552. The van der Waals surface area contributed by atoms with E-state index in [9.17, 15) is 9.59 Å². The molecule has 0 atom stereocenters. The molecule has 6 nitrogen and oxygen atoms in total. The number of ether oxygens (including phenoxy) is 3. The quantitative estimate of drug-likeness (QED) is 0.767. The second-order valence-electron chi connectivity index (χ2n) is 3.92. The average molecular weight is 265 g/mol. The Balaban J connectivity index is 2.78. The maximum atomic E-state index is 12.0. The number of nitrogens with zero attached hydrogens (tertiary/aromatic N) is 1. The van der Waals surface area contributed by atoms with Gasteiger partial charge in [0.1, 0.15) is 0 Å². The number of carbonyl (C=O) groups is 2. The summed E-state index contributed by atoms with van der Waals surface area (Å²) in [6, 6.07) is 1.61. The summed E-state index contributed by atoms with van der Waals surface area (Å²) in [6.45, 7) is 2.19. The lowest BCUT2D eigenvalue weighted by Gasteiger charge is -2.18. The first-order chi connectivity index (χ1) is 9.10. The summed E-state index contributed by atoms with van der Waals surface area (Å²) in [4.78, 5) is 25.3.